The first-order chi connectivity index (χ1) is 17.8. The van der Waals surface area contributed by atoms with Gasteiger partial charge in [0.05, 0.1) is 30.7 Å². The highest BCUT2D eigenvalue weighted by atomic mass is 32.1. The van der Waals surface area contributed by atoms with Crippen LogP contribution in [0.2, 0.25) is 0 Å². The van der Waals surface area contributed by atoms with Gasteiger partial charge in [-0.05, 0) is 18.2 Å². The van der Waals surface area contributed by atoms with Gasteiger partial charge in [0.2, 0.25) is 0 Å². The first-order valence-electron chi connectivity index (χ1n) is 10.6. The fourth-order valence-electron chi connectivity index (χ4n) is 2.76. The topological polar surface area (TPSA) is 150 Å². The summed E-state index contributed by atoms with van der Waals surface area (Å²) in [6, 6.07) is 12.8. The Labute approximate surface area is 214 Å². The summed E-state index contributed by atoms with van der Waals surface area (Å²) < 4.78 is 19.9. The van der Waals surface area contributed by atoms with Crippen LogP contribution < -0.4 is 5.73 Å². The molecule has 36 heavy (non-hydrogen) atoms. The van der Waals surface area contributed by atoms with Gasteiger partial charge in [-0.25, -0.2) is 19.4 Å². The molecule has 12 heteroatoms. The maximum atomic E-state index is 12.0. The van der Waals surface area contributed by atoms with Gasteiger partial charge in [0, 0.05) is 34.6 Å². The van der Waals surface area contributed by atoms with Crippen LogP contribution in [0.3, 0.4) is 0 Å². The van der Waals surface area contributed by atoms with Gasteiger partial charge in [-0.1, -0.05) is 30.3 Å². The van der Waals surface area contributed by atoms with Crippen LogP contribution in [0.5, 0.6) is 0 Å². The number of thiazole rings is 2. The van der Waals surface area contributed by atoms with Gasteiger partial charge < -0.3 is 15.6 Å². The Morgan fingerprint density at radius 3 is 2.08 bits per heavy atom. The van der Waals surface area contributed by atoms with Gasteiger partial charge in [-0.15, -0.1) is 22.7 Å². The largest absolute Gasteiger partial charge is 0.478 e. The number of alkyl halides is 1. The van der Waals surface area contributed by atoms with E-state index in [0.29, 0.717) is 16.3 Å². The number of carboxylic acid groups (broad SMARTS) is 1. The highest BCUT2D eigenvalue weighted by Crippen LogP contribution is 2.18. The van der Waals surface area contributed by atoms with E-state index < -0.39 is 25.1 Å². The van der Waals surface area contributed by atoms with E-state index in [1.54, 1.807) is 54.3 Å². The lowest BCUT2D eigenvalue weighted by Crippen LogP contribution is -2.10. The lowest BCUT2D eigenvalue weighted by Gasteiger charge is -2.03. The Morgan fingerprint density at radius 2 is 1.64 bits per heavy atom. The van der Waals surface area contributed by atoms with E-state index in [1.807, 2.05) is 5.38 Å². The van der Waals surface area contributed by atoms with E-state index in [1.165, 1.54) is 34.8 Å². The first kappa shape index (κ1) is 26.3. The molecule has 3 N–H and O–H groups in total. The number of hydrogen-bond donors (Lipinski definition) is 2. The second-order valence-corrected chi connectivity index (χ2v) is 8.41. The van der Waals surface area contributed by atoms with Gasteiger partial charge >= 0.3 is 17.9 Å². The average molecular weight is 531 g/mol. The highest BCUT2D eigenvalue weighted by molar-refractivity contribution is 7.13. The molecule has 5 rings (SSSR count). The summed E-state index contributed by atoms with van der Waals surface area (Å²) in [7, 11) is -1.00. The average Bonchev–Trinajstić information content (AvgIpc) is 3.64. The number of nitrogens with zero attached hydrogens (tertiary/aromatic N) is 2. The van der Waals surface area contributed by atoms with Crippen LogP contribution in [-0.4, -0.2) is 45.9 Å². The molecule has 2 aromatic heterocycles. The SMILES string of the molecule is Nc1nccs1.O=C(O)c1ccccc1C(=O)Cc1cncs1.O=C1OC(=O)c2ccccc21.[2H]CF. The molecule has 1 aliphatic rings. The summed E-state index contributed by atoms with van der Waals surface area (Å²) in [5.74, 6) is -2.39. The molecule has 0 saturated carbocycles. The number of rotatable bonds is 4. The van der Waals surface area contributed by atoms with E-state index in [4.69, 9.17) is 12.2 Å². The number of aromatic carboxylic acids is 1. The molecule has 0 unspecified atom stereocenters. The number of anilines is 1. The Kier molecular flexibility index (Phi) is 10.4. The van der Waals surface area contributed by atoms with E-state index in [9.17, 15) is 23.6 Å². The van der Waals surface area contributed by atoms with Crippen molar-refractivity contribution in [1.82, 2.24) is 9.97 Å². The van der Waals surface area contributed by atoms with Crippen molar-refractivity contribution in [3.8, 4) is 0 Å². The molecular formula is C24H20FN3O6S2. The molecule has 0 spiro atoms. The van der Waals surface area contributed by atoms with Crippen LogP contribution in [0, 0.1) is 0 Å². The molecule has 4 aromatic rings. The Morgan fingerprint density at radius 1 is 1.06 bits per heavy atom. The maximum absolute atomic E-state index is 12.0. The Balaban J connectivity index is 0.000000204. The van der Waals surface area contributed by atoms with Gasteiger partial charge in [0.25, 0.3) is 0 Å². The molecule has 0 aliphatic carbocycles. The predicted molar refractivity (Wildman–Crippen MR) is 133 cm³/mol. The monoisotopic (exact) mass is 530 g/mol. The highest BCUT2D eigenvalue weighted by Gasteiger charge is 2.28. The Hall–Kier alpha value is -4.29. The number of Topliss-reactive ketones (excluding diaryl/α,β-unsaturated/α-hetero) is 1. The zero-order valence-electron chi connectivity index (χ0n) is 19.5. The van der Waals surface area contributed by atoms with Crippen LogP contribution in [0.25, 0.3) is 0 Å². The number of nitrogen functional groups attached to an aromatic ring is 1. The molecule has 0 bridgehead atoms. The number of benzene rings is 2. The third kappa shape index (κ3) is 7.89. The van der Waals surface area contributed by atoms with Crippen LogP contribution in [0.4, 0.5) is 9.52 Å². The number of cyclic esters (lactones) is 2. The van der Waals surface area contributed by atoms with E-state index >= 15 is 0 Å². The number of nitrogens with two attached hydrogens (primary N) is 1. The minimum Gasteiger partial charge on any atom is -0.478 e. The Bertz CT molecular complexity index is 1300. The standard InChI is InChI=1S/C12H9NO3S.C8H4O3.C3H4N2S.CH3F/c14-11(5-8-6-13-7-17-8)9-3-1-2-4-10(9)12(15)16;9-7-5-3-1-2-4-6(5)8(10)11-7;4-3-5-1-2-6-3;1-2/h1-4,6-7H,5H2,(H,15,16);1-4H;1-2H,(H2,4,5);1H3/i;;;1D. The van der Waals surface area contributed by atoms with Crippen molar-refractivity contribution < 1.29 is 34.8 Å². The van der Waals surface area contributed by atoms with Crippen LogP contribution in [0.1, 0.15) is 47.7 Å². The quantitative estimate of drug-likeness (QED) is 0.220. The number of ketones is 1. The van der Waals surface area contributed by atoms with Crippen LogP contribution >= 0.6 is 22.7 Å². The summed E-state index contributed by atoms with van der Waals surface area (Å²) in [6.07, 6.45) is 3.49. The number of carbonyl (C=O) groups excluding carboxylic acids is 3. The zero-order valence-corrected chi connectivity index (χ0v) is 20.1. The van der Waals surface area contributed by atoms with Crippen molar-refractivity contribution in [2.75, 3.05) is 12.9 Å². The summed E-state index contributed by atoms with van der Waals surface area (Å²) in [5, 5.41) is 11.5. The third-order valence-electron chi connectivity index (χ3n) is 4.28. The molecule has 0 atom stereocenters. The van der Waals surface area contributed by atoms with Crippen molar-refractivity contribution in [3.05, 3.63) is 98.9 Å². The smallest absolute Gasteiger partial charge is 0.346 e. The van der Waals surface area contributed by atoms with Gasteiger partial charge in [0.15, 0.2) is 10.9 Å². The normalized spacial score (nSPS) is 11.2. The van der Waals surface area contributed by atoms with Crippen molar-refractivity contribution in [3.63, 3.8) is 0 Å². The lowest BCUT2D eigenvalue weighted by molar-refractivity contribution is 0.0443. The minimum absolute atomic E-state index is 0.0435. The van der Waals surface area contributed by atoms with E-state index in [-0.39, 0.29) is 23.3 Å². The number of halogens is 1. The molecule has 0 saturated heterocycles. The molecule has 0 amide bonds. The molecule has 0 fully saturated rings. The molecular weight excluding hydrogens is 509 g/mol. The molecule has 186 valence electrons. The summed E-state index contributed by atoms with van der Waals surface area (Å²) in [5.41, 5.74) is 7.83. The third-order valence-corrected chi connectivity index (χ3v) is 5.66. The predicted octanol–water partition coefficient (Wildman–Crippen LogP) is 4.57. The number of aromatic nitrogens is 2. The van der Waals surface area contributed by atoms with Crippen molar-refractivity contribution >= 4 is 51.5 Å². The molecule has 3 heterocycles. The van der Waals surface area contributed by atoms with E-state index in [0.717, 1.165) is 4.88 Å². The van der Waals surface area contributed by atoms with Gasteiger partial charge in [0.1, 0.15) is 0 Å². The van der Waals surface area contributed by atoms with E-state index in [2.05, 4.69) is 14.7 Å². The minimum atomic E-state index is -1.08. The molecule has 2 aromatic carbocycles. The number of hydrogen-bond acceptors (Lipinski definition) is 10. The van der Waals surface area contributed by atoms with Crippen molar-refractivity contribution in [1.29, 1.82) is 0 Å². The number of carboxylic acids is 1. The number of esters is 2. The second kappa shape index (κ2) is 14.2. The van der Waals surface area contributed by atoms with Crippen molar-refractivity contribution in [2.45, 2.75) is 6.42 Å². The fraction of sp³-hybridized carbons (Fsp3) is 0.0833. The summed E-state index contributed by atoms with van der Waals surface area (Å²) >= 11 is 2.83. The number of fused-ring (bicyclic) bond motifs is 1. The van der Waals surface area contributed by atoms with Crippen LogP contribution in [0.15, 0.2) is 71.8 Å². The molecule has 0 radical (unpaired) electrons. The van der Waals surface area contributed by atoms with Crippen LogP contribution in [-0.2, 0) is 11.2 Å². The number of carbonyl (C=O) groups is 4. The number of ether oxygens (including phenoxy) is 1. The fourth-order valence-corrected chi connectivity index (χ4v) is 3.74. The van der Waals surface area contributed by atoms with Gasteiger partial charge in [-0.3, -0.25) is 14.2 Å². The second-order valence-electron chi connectivity index (χ2n) is 6.51. The maximum Gasteiger partial charge on any atom is 0.346 e. The summed E-state index contributed by atoms with van der Waals surface area (Å²) in [4.78, 5) is 53.0. The lowest BCUT2D eigenvalue weighted by atomic mass is 10.0. The first-order valence-corrected chi connectivity index (χ1v) is 11.6. The summed E-state index contributed by atoms with van der Waals surface area (Å²) in [6.45, 7) is 0. The van der Waals surface area contributed by atoms with Crippen molar-refractivity contribution in [2.24, 2.45) is 0 Å². The van der Waals surface area contributed by atoms with Gasteiger partial charge in [-0.2, -0.15) is 0 Å². The zero-order chi connectivity index (χ0) is 27.2. The molecule has 9 nitrogen and oxygen atoms in total. The molecule has 1 aliphatic heterocycles.